The molecule has 1 aromatic carbocycles. The van der Waals surface area contributed by atoms with Crippen molar-refractivity contribution < 1.29 is 13.5 Å². The van der Waals surface area contributed by atoms with E-state index >= 15 is 0 Å². The van der Waals surface area contributed by atoms with Gasteiger partial charge in [-0.1, -0.05) is 0 Å². The lowest BCUT2D eigenvalue weighted by Gasteiger charge is -2.24. The molecule has 1 rings (SSSR count). The first kappa shape index (κ1) is 14.9. The molecule has 0 aliphatic carbocycles. The minimum atomic E-state index is -0.549. The topological polar surface area (TPSA) is 47.3 Å². The van der Waals surface area contributed by atoms with E-state index in [-0.39, 0.29) is 11.3 Å². The second-order valence-electron chi connectivity index (χ2n) is 4.84. The van der Waals surface area contributed by atoms with Crippen molar-refractivity contribution in [2.45, 2.75) is 25.8 Å². The van der Waals surface area contributed by atoms with Gasteiger partial charge in [0.1, 0.15) is 5.82 Å². The van der Waals surface area contributed by atoms with Gasteiger partial charge in [-0.15, -0.1) is 0 Å². The van der Waals surface area contributed by atoms with Gasteiger partial charge in [0.05, 0.1) is 7.11 Å². The van der Waals surface area contributed by atoms with Crippen LogP contribution in [0.1, 0.15) is 19.4 Å². The normalized spacial score (nSPS) is 11.7. The fraction of sp³-hybridized carbons (Fsp3) is 0.538. The van der Waals surface area contributed by atoms with E-state index < -0.39 is 11.6 Å². The minimum absolute atomic E-state index is 0.0773. The highest BCUT2D eigenvalue weighted by Crippen LogP contribution is 2.21. The Morgan fingerprint density at radius 2 is 1.94 bits per heavy atom. The van der Waals surface area contributed by atoms with Gasteiger partial charge in [0, 0.05) is 18.2 Å². The van der Waals surface area contributed by atoms with Gasteiger partial charge in [-0.05, 0) is 38.4 Å². The first-order valence-corrected chi connectivity index (χ1v) is 5.86. The number of ether oxygens (including phenoxy) is 1. The molecular formula is C13H20F2N2O. The summed E-state index contributed by atoms with van der Waals surface area (Å²) in [5.74, 6) is -1.08. The van der Waals surface area contributed by atoms with E-state index in [2.05, 4.69) is 5.32 Å². The van der Waals surface area contributed by atoms with Crippen molar-refractivity contribution in [2.24, 2.45) is 5.73 Å². The predicted molar refractivity (Wildman–Crippen MR) is 67.8 cm³/mol. The third-order valence-electron chi connectivity index (χ3n) is 2.83. The van der Waals surface area contributed by atoms with Gasteiger partial charge in [-0.3, -0.25) is 0 Å². The molecule has 0 atom stereocenters. The minimum Gasteiger partial charge on any atom is -0.494 e. The lowest BCUT2D eigenvalue weighted by molar-refractivity contribution is 0.380. The maximum absolute atomic E-state index is 13.6. The molecule has 0 aliphatic heterocycles. The molecule has 0 radical (unpaired) electrons. The molecule has 102 valence electrons. The summed E-state index contributed by atoms with van der Waals surface area (Å²) < 4.78 is 31.8. The molecule has 5 heteroatoms. The summed E-state index contributed by atoms with van der Waals surface area (Å²) in [6, 6.07) is 2.24. The number of nitrogens with two attached hydrogens (primary N) is 1. The molecule has 0 spiro atoms. The fourth-order valence-corrected chi connectivity index (χ4v) is 1.53. The van der Waals surface area contributed by atoms with Crippen LogP contribution in [-0.2, 0) is 6.42 Å². The van der Waals surface area contributed by atoms with Crippen LogP contribution < -0.4 is 15.8 Å². The molecule has 0 aliphatic rings. The van der Waals surface area contributed by atoms with Crippen LogP contribution in [0.3, 0.4) is 0 Å². The summed E-state index contributed by atoms with van der Waals surface area (Å²) in [6.45, 7) is 4.93. The molecular weight excluding hydrogens is 238 g/mol. The third kappa shape index (κ3) is 3.92. The van der Waals surface area contributed by atoms with Gasteiger partial charge in [0.25, 0.3) is 0 Å². The van der Waals surface area contributed by atoms with Gasteiger partial charge >= 0.3 is 0 Å². The quantitative estimate of drug-likeness (QED) is 0.818. The van der Waals surface area contributed by atoms with Crippen LogP contribution in [0.25, 0.3) is 0 Å². The smallest absolute Gasteiger partial charge is 0.165 e. The standard InChI is InChI=1S/C13H20F2N2O/c1-13(2,8-16)17-5-4-9-6-11(15)12(18-3)7-10(9)14/h6-7,17H,4-5,8,16H2,1-3H3. The van der Waals surface area contributed by atoms with Crippen LogP contribution in [0, 0.1) is 11.6 Å². The van der Waals surface area contributed by atoms with Gasteiger partial charge in [0.2, 0.25) is 0 Å². The lowest BCUT2D eigenvalue weighted by atomic mass is 10.1. The summed E-state index contributed by atoms with van der Waals surface area (Å²) in [4.78, 5) is 0. The van der Waals surface area contributed by atoms with Crippen molar-refractivity contribution in [2.75, 3.05) is 20.2 Å². The van der Waals surface area contributed by atoms with Crippen LogP contribution in [0.4, 0.5) is 8.78 Å². The van der Waals surface area contributed by atoms with Crippen molar-refractivity contribution in [1.29, 1.82) is 0 Å². The molecule has 3 nitrogen and oxygen atoms in total. The van der Waals surface area contributed by atoms with E-state index in [4.69, 9.17) is 10.5 Å². The zero-order chi connectivity index (χ0) is 13.8. The Labute approximate surface area is 106 Å². The number of methoxy groups -OCH3 is 1. The van der Waals surface area contributed by atoms with Gasteiger partial charge in [-0.2, -0.15) is 0 Å². The second kappa shape index (κ2) is 6.11. The van der Waals surface area contributed by atoms with Crippen LogP contribution in [0.5, 0.6) is 5.75 Å². The maximum atomic E-state index is 13.6. The zero-order valence-corrected chi connectivity index (χ0v) is 11.0. The van der Waals surface area contributed by atoms with Crippen LogP contribution >= 0.6 is 0 Å². The highest BCUT2D eigenvalue weighted by atomic mass is 19.1. The molecule has 0 bridgehead atoms. The van der Waals surface area contributed by atoms with E-state index in [1.54, 1.807) is 0 Å². The van der Waals surface area contributed by atoms with Crippen LogP contribution in [-0.4, -0.2) is 25.7 Å². The van der Waals surface area contributed by atoms with Gasteiger partial charge < -0.3 is 15.8 Å². The van der Waals surface area contributed by atoms with Crippen molar-refractivity contribution in [3.63, 3.8) is 0 Å². The Hall–Kier alpha value is -1.20. The molecule has 3 N–H and O–H groups in total. The van der Waals surface area contributed by atoms with E-state index in [1.807, 2.05) is 13.8 Å². The van der Waals surface area contributed by atoms with E-state index in [9.17, 15) is 8.78 Å². The third-order valence-corrected chi connectivity index (χ3v) is 2.83. The Balaban J connectivity index is 2.66. The summed E-state index contributed by atoms with van der Waals surface area (Å²) in [5, 5.41) is 3.19. The Bertz CT molecular complexity index is 408. The number of hydrogen-bond acceptors (Lipinski definition) is 3. The second-order valence-corrected chi connectivity index (χ2v) is 4.84. The molecule has 1 aromatic rings. The molecule has 18 heavy (non-hydrogen) atoms. The molecule has 0 saturated carbocycles. The number of nitrogens with one attached hydrogen (secondary N) is 1. The molecule has 0 fully saturated rings. The number of benzene rings is 1. The molecule has 0 saturated heterocycles. The largest absolute Gasteiger partial charge is 0.494 e. The first-order chi connectivity index (χ1) is 8.39. The summed E-state index contributed by atoms with van der Waals surface area (Å²) in [5.41, 5.74) is 5.69. The van der Waals surface area contributed by atoms with E-state index in [0.29, 0.717) is 25.1 Å². The Kier molecular flexibility index (Phi) is 5.04. The fourth-order valence-electron chi connectivity index (χ4n) is 1.53. The first-order valence-electron chi connectivity index (χ1n) is 5.86. The molecule has 0 aromatic heterocycles. The highest BCUT2D eigenvalue weighted by molar-refractivity contribution is 5.31. The number of hydrogen-bond donors (Lipinski definition) is 2. The zero-order valence-electron chi connectivity index (χ0n) is 11.0. The molecule has 0 heterocycles. The Morgan fingerprint density at radius 1 is 1.28 bits per heavy atom. The monoisotopic (exact) mass is 258 g/mol. The average Bonchev–Trinajstić information content (AvgIpc) is 2.33. The van der Waals surface area contributed by atoms with Crippen molar-refractivity contribution in [3.8, 4) is 5.75 Å². The predicted octanol–water partition coefficient (Wildman–Crippen LogP) is 1.84. The Morgan fingerprint density at radius 3 is 2.50 bits per heavy atom. The number of halogens is 2. The molecule has 0 unspecified atom stereocenters. The van der Waals surface area contributed by atoms with Gasteiger partial charge in [0.15, 0.2) is 11.6 Å². The van der Waals surface area contributed by atoms with Gasteiger partial charge in [-0.25, -0.2) is 8.78 Å². The summed E-state index contributed by atoms with van der Waals surface area (Å²) >= 11 is 0. The highest BCUT2D eigenvalue weighted by Gasteiger charge is 2.15. The van der Waals surface area contributed by atoms with E-state index in [0.717, 1.165) is 6.07 Å². The molecule has 0 amide bonds. The van der Waals surface area contributed by atoms with E-state index in [1.165, 1.54) is 13.2 Å². The summed E-state index contributed by atoms with van der Waals surface area (Å²) in [6.07, 6.45) is 0.399. The lowest BCUT2D eigenvalue weighted by Crippen LogP contribution is -2.46. The SMILES string of the molecule is COc1cc(F)c(CCNC(C)(C)CN)cc1F. The summed E-state index contributed by atoms with van der Waals surface area (Å²) in [7, 11) is 1.31. The van der Waals surface area contributed by atoms with Crippen molar-refractivity contribution in [3.05, 3.63) is 29.3 Å². The average molecular weight is 258 g/mol. The number of rotatable bonds is 6. The van der Waals surface area contributed by atoms with Crippen molar-refractivity contribution >= 4 is 0 Å². The maximum Gasteiger partial charge on any atom is 0.165 e. The van der Waals surface area contributed by atoms with Crippen molar-refractivity contribution in [1.82, 2.24) is 5.32 Å². The van der Waals surface area contributed by atoms with Crippen LogP contribution in [0.2, 0.25) is 0 Å². The van der Waals surface area contributed by atoms with Crippen LogP contribution in [0.15, 0.2) is 12.1 Å².